The minimum absolute atomic E-state index is 0.0338. The van der Waals surface area contributed by atoms with Crippen molar-refractivity contribution in [1.82, 2.24) is 0 Å². The van der Waals surface area contributed by atoms with Gasteiger partial charge in [0.05, 0.1) is 10.4 Å². The molecule has 0 amide bonds. The lowest BCUT2D eigenvalue weighted by Crippen LogP contribution is -2.08. The third-order valence-electron chi connectivity index (χ3n) is 2.31. The van der Waals surface area contributed by atoms with Gasteiger partial charge in [-0.2, -0.15) is 13.2 Å². The van der Waals surface area contributed by atoms with Crippen molar-refractivity contribution >= 4 is 38.3 Å². The van der Waals surface area contributed by atoms with Crippen molar-refractivity contribution in [2.75, 3.05) is 0 Å². The summed E-state index contributed by atoms with van der Waals surface area (Å²) in [6.07, 6.45) is -4.58. The van der Waals surface area contributed by atoms with E-state index in [1.54, 1.807) is 19.1 Å². The molecule has 1 nitrogen and oxygen atoms in total. The number of benzene rings is 1. The summed E-state index contributed by atoms with van der Waals surface area (Å²) in [7, 11) is 0. The Hall–Kier alpha value is -1.07. The predicted octanol–water partition coefficient (Wildman–Crippen LogP) is 4.61. The Morgan fingerprint density at radius 1 is 1.35 bits per heavy atom. The Morgan fingerprint density at radius 3 is 2.53 bits per heavy atom. The van der Waals surface area contributed by atoms with Crippen LogP contribution in [0.2, 0.25) is 0 Å². The molecule has 1 aromatic heterocycles. The van der Waals surface area contributed by atoms with Crippen LogP contribution in [0.15, 0.2) is 18.2 Å². The zero-order valence-corrected chi connectivity index (χ0v) is 10.1. The van der Waals surface area contributed by atoms with Crippen LogP contribution in [0.1, 0.15) is 20.8 Å². The second-order valence-electron chi connectivity index (χ2n) is 3.58. The summed E-state index contributed by atoms with van der Waals surface area (Å²) in [6.45, 7) is 1.69. The average Bonchev–Trinajstić information content (AvgIpc) is 2.55. The van der Waals surface area contributed by atoms with E-state index in [-0.39, 0.29) is 5.39 Å². The van der Waals surface area contributed by atoms with E-state index in [4.69, 9.17) is 11.6 Å². The number of thiophene rings is 1. The van der Waals surface area contributed by atoms with E-state index in [1.165, 1.54) is 6.07 Å². The molecule has 1 aromatic carbocycles. The molecule has 90 valence electrons. The maximum Gasteiger partial charge on any atom is 0.418 e. The van der Waals surface area contributed by atoms with E-state index in [0.29, 0.717) is 10.3 Å². The highest BCUT2D eigenvalue weighted by Crippen LogP contribution is 2.43. The summed E-state index contributed by atoms with van der Waals surface area (Å²) < 4.78 is 39.1. The van der Waals surface area contributed by atoms with Gasteiger partial charge in [-0.1, -0.05) is 11.6 Å². The predicted molar refractivity (Wildman–Crippen MR) is 61.7 cm³/mol. The number of aryl methyl sites for hydroxylation is 1. The molecule has 2 rings (SSSR count). The zero-order chi connectivity index (χ0) is 12.8. The summed E-state index contributed by atoms with van der Waals surface area (Å²) in [5, 5.41) is -1.04. The maximum atomic E-state index is 12.9. The number of rotatable bonds is 1. The third-order valence-corrected chi connectivity index (χ3v) is 3.78. The molecule has 0 saturated heterocycles. The number of hydrogen-bond acceptors (Lipinski definition) is 2. The van der Waals surface area contributed by atoms with Gasteiger partial charge < -0.3 is 0 Å². The quantitative estimate of drug-likeness (QED) is 0.696. The van der Waals surface area contributed by atoms with E-state index in [0.717, 1.165) is 11.3 Å². The molecule has 17 heavy (non-hydrogen) atoms. The molecule has 0 atom stereocenters. The van der Waals surface area contributed by atoms with Crippen LogP contribution in [0, 0.1) is 6.92 Å². The second-order valence-corrected chi connectivity index (χ2v) is 4.97. The highest BCUT2D eigenvalue weighted by molar-refractivity contribution is 7.22. The van der Waals surface area contributed by atoms with E-state index in [9.17, 15) is 18.0 Å². The van der Waals surface area contributed by atoms with E-state index in [1.807, 2.05) is 0 Å². The minimum Gasteiger partial charge on any atom is -0.275 e. The lowest BCUT2D eigenvalue weighted by atomic mass is 10.1. The fraction of sp³-hybridized carbons (Fsp3) is 0.182. The highest BCUT2D eigenvalue weighted by atomic mass is 35.5. The summed E-state index contributed by atoms with van der Waals surface area (Å²) in [6, 6.07) is 4.67. The normalized spacial score (nSPS) is 12.1. The largest absolute Gasteiger partial charge is 0.418 e. The van der Waals surface area contributed by atoms with Crippen molar-refractivity contribution in [2.24, 2.45) is 0 Å². The number of alkyl halides is 3. The number of halogens is 4. The van der Waals surface area contributed by atoms with Crippen molar-refractivity contribution in [2.45, 2.75) is 13.1 Å². The molecule has 0 unspecified atom stereocenters. The van der Waals surface area contributed by atoms with Crippen molar-refractivity contribution in [1.29, 1.82) is 0 Å². The molecule has 0 aliphatic carbocycles. The van der Waals surface area contributed by atoms with Crippen LogP contribution in [0.4, 0.5) is 13.2 Å². The molecule has 0 radical (unpaired) electrons. The van der Waals surface area contributed by atoms with Gasteiger partial charge in [0.15, 0.2) is 0 Å². The number of carbonyl (C=O) groups excluding carboxylic acids is 1. The Morgan fingerprint density at radius 2 is 2.00 bits per heavy atom. The first-order valence-electron chi connectivity index (χ1n) is 4.61. The SMILES string of the molecule is Cc1ccc2sc(C(=O)Cl)c(C(F)(F)F)c2c1. The molecule has 0 saturated carbocycles. The van der Waals surface area contributed by atoms with Gasteiger partial charge in [0.2, 0.25) is 0 Å². The monoisotopic (exact) mass is 278 g/mol. The van der Waals surface area contributed by atoms with E-state index >= 15 is 0 Å². The summed E-state index contributed by atoms with van der Waals surface area (Å²) in [5.41, 5.74) is -0.226. The van der Waals surface area contributed by atoms with Gasteiger partial charge in [0, 0.05) is 10.1 Å². The molecule has 6 heteroatoms. The molecule has 0 fully saturated rings. The van der Waals surface area contributed by atoms with Gasteiger partial charge in [-0.15, -0.1) is 11.3 Å². The smallest absolute Gasteiger partial charge is 0.275 e. The van der Waals surface area contributed by atoms with Gasteiger partial charge in [-0.3, -0.25) is 4.79 Å². The number of hydrogen-bond donors (Lipinski definition) is 0. The fourth-order valence-corrected chi connectivity index (χ4v) is 2.88. The van der Waals surface area contributed by atoms with Crippen molar-refractivity contribution in [3.63, 3.8) is 0 Å². The molecule has 0 spiro atoms. The van der Waals surface area contributed by atoms with Crippen LogP contribution in [0.5, 0.6) is 0 Å². The van der Waals surface area contributed by atoms with Gasteiger partial charge in [-0.25, -0.2) is 0 Å². The van der Waals surface area contributed by atoms with Crippen molar-refractivity contribution < 1.29 is 18.0 Å². The summed E-state index contributed by atoms with van der Waals surface area (Å²) in [5.74, 6) is 0. The van der Waals surface area contributed by atoms with Crippen LogP contribution in [-0.4, -0.2) is 5.24 Å². The van der Waals surface area contributed by atoms with Gasteiger partial charge >= 0.3 is 6.18 Å². The third kappa shape index (κ3) is 2.17. The Labute approximate surface area is 104 Å². The average molecular weight is 279 g/mol. The van der Waals surface area contributed by atoms with E-state index in [2.05, 4.69) is 0 Å². The van der Waals surface area contributed by atoms with Gasteiger partial charge in [0.25, 0.3) is 5.24 Å². The highest BCUT2D eigenvalue weighted by Gasteiger charge is 2.38. The van der Waals surface area contributed by atoms with Crippen LogP contribution in [-0.2, 0) is 6.18 Å². The molecular weight excluding hydrogens is 273 g/mol. The fourth-order valence-electron chi connectivity index (χ4n) is 1.63. The number of fused-ring (bicyclic) bond motifs is 1. The Kier molecular flexibility index (Phi) is 2.91. The molecule has 2 aromatic rings. The molecule has 0 N–H and O–H groups in total. The summed E-state index contributed by atoms with van der Waals surface area (Å²) in [4.78, 5) is 10.6. The van der Waals surface area contributed by atoms with Crippen LogP contribution < -0.4 is 0 Å². The minimum atomic E-state index is -4.58. The molecule has 0 aliphatic rings. The first-order valence-corrected chi connectivity index (χ1v) is 5.80. The lowest BCUT2D eigenvalue weighted by molar-refractivity contribution is -0.136. The molecular formula is C11H6ClF3OS. The van der Waals surface area contributed by atoms with Gasteiger partial charge in [-0.05, 0) is 30.7 Å². The van der Waals surface area contributed by atoms with E-state index < -0.39 is 21.9 Å². The molecule has 0 bridgehead atoms. The van der Waals surface area contributed by atoms with Crippen molar-refractivity contribution in [3.8, 4) is 0 Å². The Bertz CT molecular complexity index is 601. The first-order chi connectivity index (χ1) is 7.80. The zero-order valence-electron chi connectivity index (χ0n) is 8.56. The Balaban J connectivity index is 2.87. The van der Waals surface area contributed by atoms with Crippen molar-refractivity contribution in [3.05, 3.63) is 34.2 Å². The van der Waals surface area contributed by atoms with Crippen LogP contribution >= 0.6 is 22.9 Å². The second kappa shape index (κ2) is 3.99. The topological polar surface area (TPSA) is 17.1 Å². The molecule has 0 aliphatic heterocycles. The molecule has 1 heterocycles. The van der Waals surface area contributed by atoms with Crippen LogP contribution in [0.3, 0.4) is 0 Å². The van der Waals surface area contributed by atoms with Crippen LogP contribution in [0.25, 0.3) is 10.1 Å². The summed E-state index contributed by atoms with van der Waals surface area (Å²) >= 11 is 5.96. The maximum absolute atomic E-state index is 12.9. The number of carbonyl (C=O) groups is 1. The standard InChI is InChI=1S/C11H6ClF3OS/c1-5-2-3-7-6(4-5)8(11(13,14)15)9(17-7)10(12)16/h2-4H,1H3. The first kappa shape index (κ1) is 12.4. The lowest BCUT2D eigenvalue weighted by Gasteiger charge is -2.06. The van der Waals surface area contributed by atoms with Gasteiger partial charge in [0.1, 0.15) is 0 Å².